The van der Waals surface area contributed by atoms with Crippen LogP contribution in [-0.2, 0) is 4.79 Å². The zero-order valence-corrected chi connectivity index (χ0v) is 15.9. The van der Waals surface area contributed by atoms with Gasteiger partial charge in [-0.15, -0.1) is 0 Å². The van der Waals surface area contributed by atoms with Gasteiger partial charge < -0.3 is 9.80 Å². The third-order valence-electron chi connectivity index (χ3n) is 4.38. The molecule has 1 amide bonds. The number of amides is 1. The van der Waals surface area contributed by atoms with Gasteiger partial charge in [0.25, 0.3) is 5.69 Å². The van der Waals surface area contributed by atoms with Gasteiger partial charge >= 0.3 is 0 Å². The van der Waals surface area contributed by atoms with Crippen molar-refractivity contribution in [3.63, 3.8) is 0 Å². The van der Waals surface area contributed by atoms with Crippen molar-refractivity contribution in [3.05, 3.63) is 74.3 Å². The van der Waals surface area contributed by atoms with E-state index in [0.29, 0.717) is 36.2 Å². The van der Waals surface area contributed by atoms with E-state index in [1.54, 1.807) is 41.3 Å². The normalized spacial score (nSPS) is 14.6. The summed E-state index contributed by atoms with van der Waals surface area (Å²) in [5.41, 5.74) is 1.79. The fraction of sp³-hybridized carbons (Fsp3) is 0.211. The van der Waals surface area contributed by atoms with E-state index >= 15 is 0 Å². The molecule has 0 saturated carbocycles. The van der Waals surface area contributed by atoms with Crippen molar-refractivity contribution in [3.8, 4) is 0 Å². The first kappa shape index (κ1) is 19.2. The Bertz CT molecular complexity index is 876. The lowest BCUT2D eigenvalue weighted by molar-refractivity contribution is -0.384. The van der Waals surface area contributed by atoms with Crippen LogP contribution in [0.1, 0.15) is 5.56 Å². The molecule has 0 aliphatic carbocycles. The van der Waals surface area contributed by atoms with E-state index in [0.717, 1.165) is 11.3 Å². The lowest BCUT2D eigenvalue weighted by Gasteiger charge is -2.35. The van der Waals surface area contributed by atoms with Crippen LogP contribution in [0.25, 0.3) is 6.08 Å². The fourth-order valence-corrected chi connectivity index (χ4v) is 3.17. The minimum atomic E-state index is -0.416. The first-order valence-electron chi connectivity index (χ1n) is 8.35. The largest absolute Gasteiger partial charge is 0.368 e. The average Bonchev–Trinajstić information content (AvgIpc) is 2.69. The van der Waals surface area contributed by atoms with E-state index in [-0.39, 0.29) is 11.6 Å². The number of nitro groups is 1. The molecule has 140 valence electrons. The van der Waals surface area contributed by atoms with E-state index < -0.39 is 4.92 Å². The molecule has 0 N–H and O–H groups in total. The third-order valence-corrected chi connectivity index (χ3v) is 5.12. The molecular weight excluding hydrogens is 389 g/mol. The number of carbonyl (C=O) groups is 1. The molecule has 1 fully saturated rings. The molecule has 0 unspecified atom stereocenters. The summed E-state index contributed by atoms with van der Waals surface area (Å²) < 4.78 is 0. The highest BCUT2D eigenvalue weighted by molar-refractivity contribution is 6.42. The molecule has 1 saturated heterocycles. The number of rotatable bonds is 4. The Balaban J connectivity index is 1.56. The molecule has 0 atom stereocenters. The Hall–Kier alpha value is -2.57. The molecule has 6 nitrogen and oxygen atoms in total. The maximum Gasteiger partial charge on any atom is 0.269 e. The number of piperazine rings is 1. The minimum absolute atomic E-state index is 0.0654. The minimum Gasteiger partial charge on any atom is -0.368 e. The highest BCUT2D eigenvalue weighted by Gasteiger charge is 2.20. The zero-order valence-electron chi connectivity index (χ0n) is 14.3. The van der Waals surface area contributed by atoms with Crippen LogP contribution in [0.15, 0.2) is 48.5 Å². The second kappa shape index (κ2) is 8.41. The van der Waals surface area contributed by atoms with Crippen LogP contribution in [0.5, 0.6) is 0 Å². The Morgan fingerprint density at radius 3 is 2.26 bits per heavy atom. The molecule has 2 aromatic carbocycles. The van der Waals surface area contributed by atoms with Crippen LogP contribution >= 0.6 is 23.2 Å². The summed E-state index contributed by atoms with van der Waals surface area (Å²) in [4.78, 5) is 26.6. The van der Waals surface area contributed by atoms with E-state index in [9.17, 15) is 14.9 Å². The van der Waals surface area contributed by atoms with Crippen molar-refractivity contribution in [2.24, 2.45) is 0 Å². The number of nitrogens with zero attached hydrogens (tertiary/aromatic N) is 3. The van der Waals surface area contributed by atoms with Crippen molar-refractivity contribution in [2.75, 3.05) is 31.1 Å². The van der Waals surface area contributed by atoms with Crippen LogP contribution in [-0.4, -0.2) is 41.9 Å². The summed E-state index contributed by atoms with van der Waals surface area (Å²) in [6.07, 6.45) is 3.24. The van der Waals surface area contributed by atoms with Gasteiger partial charge in [-0.25, -0.2) is 0 Å². The summed E-state index contributed by atoms with van der Waals surface area (Å²) >= 11 is 11.9. The summed E-state index contributed by atoms with van der Waals surface area (Å²) in [5, 5.41) is 11.7. The predicted octanol–water partition coefficient (Wildman–Crippen LogP) is 4.26. The number of benzene rings is 2. The van der Waals surface area contributed by atoms with Gasteiger partial charge in [0.15, 0.2) is 0 Å². The number of hydrogen-bond donors (Lipinski definition) is 0. The lowest BCUT2D eigenvalue weighted by Crippen LogP contribution is -2.48. The number of nitro benzene ring substituents is 1. The van der Waals surface area contributed by atoms with Crippen molar-refractivity contribution in [1.82, 2.24) is 4.90 Å². The molecule has 1 aliphatic rings. The quantitative estimate of drug-likeness (QED) is 0.432. The van der Waals surface area contributed by atoms with Gasteiger partial charge in [0.1, 0.15) is 0 Å². The van der Waals surface area contributed by atoms with Gasteiger partial charge in [0, 0.05) is 50.1 Å². The summed E-state index contributed by atoms with van der Waals surface area (Å²) in [7, 11) is 0. The maximum atomic E-state index is 12.4. The number of halogens is 2. The smallest absolute Gasteiger partial charge is 0.269 e. The Morgan fingerprint density at radius 2 is 1.67 bits per heavy atom. The number of anilines is 1. The second-order valence-electron chi connectivity index (χ2n) is 6.09. The maximum absolute atomic E-state index is 12.4. The van der Waals surface area contributed by atoms with Gasteiger partial charge in [-0.1, -0.05) is 29.3 Å². The molecule has 0 radical (unpaired) electrons. The lowest BCUT2D eigenvalue weighted by atomic mass is 10.2. The first-order chi connectivity index (χ1) is 12.9. The van der Waals surface area contributed by atoms with Crippen molar-refractivity contribution >= 4 is 46.6 Å². The summed E-state index contributed by atoms with van der Waals surface area (Å²) in [6.45, 7) is 2.51. The number of hydrogen-bond acceptors (Lipinski definition) is 4. The van der Waals surface area contributed by atoms with Gasteiger partial charge in [-0.2, -0.15) is 0 Å². The molecule has 27 heavy (non-hydrogen) atoms. The van der Waals surface area contributed by atoms with Crippen molar-refractivity contribution < 1.29 is 9.72 Å². The summed E-state index contributed by atoms with van der Waals surface area (Å²) in [6, 6.07) is 11.7. The van der Waals surface area contributed by atoms with Crippen LogP contribution in [0.2, 0.25) is 10.0 Å². The van der Waals surface area contributed by atoms with Crippen molar-refractivity contribution in [1.29, 1.82) is 0 Å². The predicted molar refractivity (Wildman–Crippen MR) is 107 cm³/mol. The monoisotopic (exact) mass is 405 g/mol. The van der Waals surface area contributed by atoms with Crippen molar-refractivity contribution in [2.45, 2.75) is 0 Å². The molecule has 1 heterocycles. The Kier molecular flexibility index (Phi) is 5.98. The van der Waals surface area contributed by atoms with E-state index in [1.165, 1.54) is 18.2 Å². The first-order valence-corrected chi connectivity index (χ1v) is 9.11. The summed E-state index contributed by atoms with van der Waals surface area (Å²) in [5.74, 6) is -0.0654. The fourth-order valence-electron chi connectivity index (χ4n) is 2.86. The van der Waals surface area contributed by atoms with E-state index in [1.807, 2.05) is 0 Å². The van der Waals surface area contributed by atoms with E-state index in [4.69, 9.17) is 23.2 Å². The number of non-ortho nitro benzene ring substituents is 1. The van der Waals surface area contributed by atoms with Crippen LogP contribution in [0.3, 0.4) is 0 Å². The van der Waals surface area contributed by atoms with Gasteiger partial charge in [0.2, 0.25) is 5.91 Å². The van der Waals surface area contributed by atoms with Crippen LogP contribution < -0.4 is 4.90 Å². The van der Waals surface area contributed by atoms with E-state index in [2.05, 4.69) is 4.90 Å². The molecule has 8 heteroatoms. The molecular formula is C19H17Cl2N3O3. The Labute approximate surface area is 166 Å². The van der Waals surface area contributed by atoms with Crippen LogP contribution in [0.4, 0.5) is 11.4 Å². The molecule has 0 spiro atoms. The molecule has 3 rings (SSSR count). The highest BCUT2D eigenvalue weighted by atomic mass is 35.5. The average molecular weight is 406 g/mol. The highest BCUT2D eigenvalue weighted by Crippen LogP contribution is 2.23. The molecule has 0 aromatic heterocycles. The van der Waals surface area contributed by atoms with Gasteiger partial charge in [-0.3, -0.25) is 14.9 Å². The molecule has 2 aromatic rings. The third kappa shape index (κ3) is 4.78. The SMILES string of the molecule is O=C(/C=C\c1ccc(Cl)c(Cl)c1)N1CCN(c2ccc([N+](=O)[O-])cc2)CC1. The van der Waals surface area contributed by atoms with Gasteiger partial charge in [-0.05, 0) is 35.9 Å². The molecule has 0 bridgehead atoms. The topological polar surface area (TPSA) is 66.7 Å². The zero-order chi connectivity index (χ0) is 19.4. The second-order valence-corrected chi connectivity index (χ2v) is 6.91. The van der Waals surface area contributed by atoms with Crippen LogP contribution in [0, 0.1) is 10.1 Å². The number of carbonyl (C=O) groups excluding carboxylic acids is 1. The standard InChI is InChI=1S/C19H17Cl2N3O3/c20-17-7-1-14(13-18(17)21)2-8-19(25)23-11-9-22(10-12-23)15-3-5-16(6-4-15)24(26)27/h1-8,13H,9-12H2/b8-2-. The Morgan fingerprint density at radius 1 is 1.00 bits per heavy atom. The molecule has 1 aliphatic heterocycles. The van der Waals surface area contributed by atoms with Gasteiger partial charge in [0.05, 0.1) is 15.0 Å².